The molecule has 0 spiro atoms. The summed E-state index contributed by atoms with van der Waals surface area (Å²) < 4.78 is 37.4. The first kappa shape index (κ1) is 26.7. The number of hydrogen-bond acceptors (Lipinski definition) is 8. The standard InChI is InChI=1S/C29H32FN5O4/c1-34-21-22-7-2-3-8-23(22)28-27(24-9-4-5-10-25(24)34)32-33-35(28)13-14-36-15-16-37-17-18-38-19-20-39-26-11-6-12-31-29(26)30/h2-12H,13-21H2,1H3. The molecule has 0 aliphatic carbocycles. The third-order valence-corrected chi connectivity index (χ3v) is 6.39. The molecule has 9 nitrogen and oxygen atoms in total. The molecule has 10 heteroatoms. The highest BCUT2D eigenvalue weighted by Crippen LogP contribution is 2.40. The van der Waals surface area contributed by atoms with Crippen LogP contribution in [-0.4, -0.2) is 73.3 Å². The summed E-state index contributed by atoms with van der Waals surface area (Å²) in [6.45, 7) is 4.21. The molecule has 2 aromatic carbocycles. The van der Waals surface area contributed by atoms with E-state index in [0.717, 1.165) is 34.7 Å². The second-order valence-corrected chi connectivity index (χ2v) is 9.02. The SMILES string of the molecule is CN1Cc2ccccc2-c2c(nnn2CCOCCOCCOCCOc2cccnc2F)-c2ccccc21. The Morgan fingerprint density at radius 2 is 1.49 bits per heavy atom. The molecule has 0 saturated carbocycles. The fourth-order valence-electron chi connectivity index (χ4n) is 4.54. The molecule has 0 unspecified atom stereocenters. The number of anilines is 1. The van der Waals surface area contributed by atoms with E-state index in [2.05, 4.69) is 69.7 Å². The lowest BCUT2D eigenvalue weighted by Crippen LogP contribution is -2.20. The van der Waals surface area contributed by atoms with E-state index in [-0.39, 0.29) is 12.4 Å². The third-order valence-electron chi connectivity index (χ3n) is 6.39. The van der Waals surface area contributed by atoms with Crippen molar-refractivity contribution in [3.8, 4) is 28.3 Å². The molecule has 0 bridgehead atoms. The van der Waals surface area contributed by atoms with Gasteiger partial charge in [0.25, 0.3) is 5.95 Å². The van der Waals surface area contributed by atoms with Gasteiger partial charge < -0.3 is 23.8 Å². The molecule has 5 rings (SSSR count). The van der Waals surface area contributed by atoms with Crippen molar-refractivity contribution in [2.45, 2.75) is 13.1 Å². The van der Waals surface area contributed by atoms with Crippen LogP contribution in [0, 0.1) is 5.95 Å². The van der Waals surface area contributed by atoms with Gasteiger partial charge in [0, 0.05) is 36.6 Å². The Hall–Kier alpha value is -3.86. The number of fused-ring (bicyclic) bond motifs is 5. The van der Waals surface area contributed by atoms with E-state index in [1.165, 1.54) is 17.8 Å². The Balaban J connectivity index is 1.06. The van der Waals surface area contributed by atoms with Gasteiger partial charge in [-0.05, 0) is 23.8 Å². The van der Waals surface area contributed by atoms with Crippen LogP contribution in [0.15, 0.2) is 66.9 Å². The van der Waals surface area contributed by atoms with Gasteiger partial charge >= 0.3 is 0 Å². The summed E-state index contributed by atoms with van der Waals surface area (Å²) in [6.07, 6.45) is 1.38. The molecule has 0 radical (unpaired) electrons. The summed E-state index contributed by atoms with van der Waals surface area (Å²) >= 11 is 0. The van der Waals surface area contributed by atoms with Crippen LogP contribution in [0.3, 0.4) is 0 Å². The van der Waals surface area contributed by atoms with E-state index in [1.54, 1.807) is 6.07 Å². The maximum atomic E-state index is 13.4. The summed E-state index contributed by atoms with van der Waals surface area (Å²) in [4.78, 5) is 5.79. The van der Waals surface area contributed by atoms with Gasteiger partial charge in [-0.15, -0.1) is 5.10 Å². The number of rotatable bonds is 13. The van der Waals surface area contributed by atoms with E-state index in [4.69, 9.17) is 18.9 Å². The molecule has 2 aromatic heterocycles. The largest absolute Gasteiger partial charge is 0.486 e. The van der Waals surface area contributed by atoms with Gasteiger partial charge in [0.1, 0.15) is 12.3 Å². The molecular weight excluding hydrogens is 501 g/mol. The van der Waals surface area contributed by atoms with Crippen LogP contribution in [-0.2, 0) is 27.3 Å². The maximum absolute atomic E-state index is 13.4. The summed E-state index contributed by atoms with van der Waals surface area (Å²) in [5.41, 5.74) is 6.46. The van der Waals surface area contributed by atoms with Crippen molar-refractivity contribution in [3.63, 3.8) is 0 Å². The number of para-hydroxylation sites is 1. The number of aromatic nitrogens is 4. The predicted octanol–water partition coefficient (Wildman–Crippen LogP) is 4.22. The van der Waals surface area contributed by atoms with Gasteiger partial charge in [-0.1, -0.05) is 47.7 Å². The van der Waals surface area contributed by atoms with E-state index < -0.39 is 5.95 Å². The Morgan fingerprint density at radius 3 is 2.28 bits per heavy atom. The monoisotopic (exact) mass is 533 g/mol. The van der Waals surface area contributed by atoms with Gasteiger partial charge in [-0.3, -0.25) is 0 Å². The Morgan fingerprint density at radius 1 is 0.795 bits per heavy atom. The summed E-state index contributed by atoms with van der Waals surface area (Å²) in [5.74, 6) is -0.507. The third kappa shape index (κ3) is 6.59. The van der Waals surface area contributed by atoms with Crippen molar-refractivity contribution in [3.05, 3.63) is 78.4 Å². The van der Waals surface area contributed by atoms with E-state index in [9.17, 15) is 4.39 Å². The normalized spacial score (nSPS) is 12.3. The number of halogens is 1. The molecule has 0 atom stereocenters. The second kappa shape index (κ2) is 13.3. The van der Waals surface area contributed by atoms with Crippen LogP contribution < -0.4 is 9.64 Å². The Kier molecular flexibility index (Phi) is 9.10. The fraction of sp³-hybridized carbons (Fsp3) is 0.345. The topological polar surface area (TPSA) is 83.8 Å². The van der Waals surface area contributed by atoms with E-state index >= 15 is 0 Å². The molecular formula is C29H32FN5O4. The van der Waals surface area contributed by atoms with Gasteiger partial charge in [-0.2, -0.15) is 4.39 Å². The number of ether oxygens (including phenoxy) is 4. The highest BCUT2D eigenvalue weighted by molar-refractivity contribution is 5.87. The molecule has 1 aliphatic heterocycles. The molecule has 0 amide bonds. The van der Waals surface area contributed by atoms with Crippen molar-refractivity contribution in [2.24, 2.45) is 0 Å². The molecule has 0 saturated heterocycles. The van der Waals surface area contributed by atoms with Gasteiger partial charge in [0.05, 0.1) is 51.9 Å². The first-order valence-electron chi connectivity index (χ1n) is 13.0. The number of pyridine rings is 1. The van der Waals surface area contributed by atoms with Crippen molar-refractivity contribution in [1.82, 2.24) is 20.0 Å². The minimum Gasteiger partial charge on any atom is -0.486 e. The van der Waals surface area contributed by atoms with Gasteiger partial charge in [0.15, 0.2) is 5.75 Å². The average Bonchev–Trinajstić information content (AvgIpc) is 3.37. The van der Waals surface area contributed by atoms with Gasteiger partial charge in [0.2, 0.25) is 0 Å². The van der Waals surface area contributed by atoms with Crippen molar-refractivity contribution in [1.29, 1.82) is 0 Å². The van der Waals surface area contributed by atoms with Crippen LogP contribution in [0.5, 0.6) is 5.75 Å². The first-order valence-corrected chi connectivity index (χ1v) is 13.0. The van der Waals surface area contributed by atoms with Gasteiger partial charge in [-0.25, -0.2) is 9.67 Å². The molecule has 3 heterocycles. The zero-order chi connectivity index (χ0) is 26.9. The zero-order valence-corrected chi connectivity index (χ0v) is 22.0. The highest BCUT2D eigenvalue weighted by Gasteiger charge is 2.24. The molecule has 0 N–H and O–H groups in total. The number of benzene rings is 2. The zero-order valence-electron chi connectivity index (χ0n) is 22.0. The smallest absolute Gasteiger partial charge is 0.255 e. The van der Waals surface area contributed by atoms with Crippen LogP contribution in [0.1, 0.15) is 5.56 Å². The minimum atomic E-state index is -0.626. The summed E-state index contributed by atoms with van der Waals surface area (Å²) in [6, 6.07) is 19.9. The van der Waals surface area contributed by atoms with Crippen molar-refractivity contribution in [2.75, 3.05) is 58.2 Å². The predicted molar refractivity (Wildman–Crippen MR) is 145 cm³/mol. The van der Waals surface area contributed by atoms with Crippen LogP contribution in [0.4, 0.5) is 10.1 Å². The van der Waals surface area contributed by atoms with Crippen molar-refractivity contribution >= 4 is 5.69 Å². The van der Waals surface area contributed by atoms with E-state index in [1.807, 2.05) is 10.7 Å². The fourth-order valence-corrected chi connectivity index (χ4v) is 4.54. The average molecular weight is 534 g/mol. The van der Waals surface area contributed by atoms with Crippen molar-refractivity contribution < 1.29 is 23.3 Å². The number of nitrogens with zero attached hydrogens (tertiary/aromatic N) is 5. The van der Waals surface area contributed by atoms with Crippen LogP contribution in [0.25, 0.3) is 22.5 Å². The minimum absolute atomic E-state index is 0.119. The Labute approximate surface area is 227 Å². The maximum Gasteiger partial charge on any atom is 0.255 e. The lowest BCUT2D eigenvalue weighted by Gasteiger charge is -2.26. The van der Waals surface area contributed by atoms with Crippen LogP contribution >= 0.6 is 0 Å². The molecule has 0 fully saturated rings. The second-order valence-electron chi connectivity index (χ2n) is 9.02. The first-order chi connectivity index (χ1) is 19.2. The quantitative estimate of drug-likeness (QED) is 0.187. The summed E-state index contributed by atoms with van der Waals surface area (Å²) in [7, 11) is 2.10. The summed E-state index contributed by atoms with van der Waals surface area (Å²) in [5, 5.41) is 9.08. The molecule has 204 valence electrons. The van der Waals surface area contributed by atoms with E-state index in [0.29, 0.717) is 46.2 Å². The molecule has 1 aliphatic rings. The lowest BCUT2D eigenvalue weighted by atomic mass is 9.96. The van der Waals surface area contributed by atoms with Crippen LogP contribution in [0.2, 0.25) is 0 Å². The number of hydrogen-bond donors (Lipinski definition) is 0. The lowest BCUT2D eigenvalue weighted by molar-refractivity contribution is 0.00765. The molecule has 4 aromatic rings. The highest BCUT2D eigenvalue weighted by atomic mass is 19.1. The molecule has 39 heavy (non-hydrogen) atoms. The Bertz CT molecular complexity index is 1370.